The molecule has 1 heterocycles. The number of hydrogen-bond donors (Lipinski definition) is 1. The first-order valence-electron chi connectivity index (χ1n) is 5.88. The maximum atomic E-state index is 14.0. The Morgan fingerprint density at radius 1 is 1.56 bits per heavy atom. The van der Waals surface area contributed by atoms with Gasteiger partial charge in [-0.25, -0.2) is 4.39 Å². The van der Waals surface area contributed by atoms with E-state index in [0.29, 0.717) is 17.9 Å². The molecule has 1 aliphatic heterocycles. The predicted molar refractivity (Wildman–Crippen MR) is 70.9 cm³/mol. The molecule has 5 heteroatoms. The van der Waals surface area contributed by atoms with Crippen LogP contribution in [0.1, 0.15) is 25.3 Å². The van der Waals surface area contributed by atoms with E-state index in [-0.39, 0.29) is 16.6 Å². The Balaban J connectivity index is 2.15. The largest absolute Gasteiger partial charge is 0.380 e. The lowest BCUT2D eigenvalue weighted by molar-refractivity contribution is 0.0232. The summed E-state index contributed by atoms with van der Waals surface area (Å²) >= 11 is 3.11. The fraction of sp³-hybridized carbons (Fsp3) is 0.462. The third-order valence-electron chi connectivity index (χ3n) is 3.05. The van der Waals surface area contributed by atoms with Crippen molar-refractivity contribution < 1.29 is 9.13 Å². The SMILES string of the molecule is CC1CC(Nc2ccc(C#N)c(Br)c2F)CCO1. The number of anilines is 1. The lowest BCUT2D eigenvalue weighted by atomic mass is 10.0. The van der Waals surface area contributed by atoms with E-state index in [1.165, 1.54) is 0 Å². The zero-order valence-electron chi connectivity index (χ0n) is 10.0. The lowest BCUT2D eigenvalue weighted by Gasteiger charge is -2.29. The number of nitrogens with one attached hydrogen (secondary N) is 1. The van der Waals surface area contributed by atoms with Gasteiger partial charge < -0.3 is 10.1 Å². The summed E-state index contributed by atoms with van der Waals surface area (Å²) in [6.45, 7) is 2.71. The molecule has 2 atom stereocenters. The van der Waals surface area contributed by atoms with Crippen molar-refractivity contribution in [1.82, 2.24) is 0 Å². The van der Waals surface area contributed by atoms with Gasteiger partial charge in [0.25, 0.3) is 0 Å². The molecule has 0 bridgehead atoms. The van der Waals surface area contributed by atoms with Crippen LogP contribution in [-0.4, -0.2) is 18.8 Å². The van der Waals surface area contributed by atoms with Crippen LogP contribution in [0.5, 0.6) is 0 Å². The van der Waals surface area contributed by atoms with Crippen molar-refractivity contribution >= 4 is 21.6 Å². The summed E-state index contributed by atoms with van der Waals surface area (Å²) in [5.74, 6) is -0.409. The molecule has 1 fully saturated rings. The fourth-order valence-corrected chi connectivity index (χ4v) is 2.53. The van der Waals surface area contributed by atoms with Crippen molar-refractivity contribution in [3.8, 4) is 6.07 Å². The molecule has 96 valence electrons. The van der Waals surface area contributed by atoms with E-state index in [9.17, 15) is 4.39 Å². The maximum Gasteiger partial charge on any atom is 0.161 e. The smallest absolute Gasteiger partial charge is 0.161 e. The average molecular weight is 313 g/mol. The van der Waals surface area contributed by atoms with Gasteiger partial charge in [0.2, 0.25) is 0 Å². The van der Waals surface area contributed by atoms with Gasteiger partial charge in [-0.1, -0.05) is 0 Å². The van der Waals surface area contributed by atoms with Gasteiger partial charge in [-0.3, -0.25) is 0 Å². The van der Waals surface area contributed by atoms with Crippen molar-refractivity contribution in [3.05, 3.63) is 28.0 Å². The van der Waals surface area contributed by atoms with Gasteiger partial charge in [0, 0.05) is 12.6 Å². The molecule has 0 aliphatic carbocycles. The van der Waals surface area contributed by atoms with E-state index >= 15 is 0 Å². The summed E-state index contributed by atoms with van der Waals surface area (Å²) in [6.07, 6.45) is 1.92. The quantitative estimate of drug-likeness (QED) is 0.910. The fourth-order valence-electron chi connectivity index (χ4n) is 2.10. The van der Waals surface area contributed by atoms with Crippen molar-refractivity contribution in [2.45, 2.75) is 31.9 Å². The second-order valence-electron chi connectivity index (χ2n) is 4.45. The van der Waals surface area contributed by atoms with Crippen LogP contribution in [0.2, 0.25) is 0 Å². The minimum atomic E-state index is -0.409. The van der Waals surface area contributed by atoms with Crippen LogP contribution in [-0.2, 0) is 4.74 Å². The number of halogens is 2. The van der Waals surface area contributed by atoms with Crippen LogP contribution in [0.15, 0.2) is 16.6 Å². The Morgan fingerprint density at radius 3 is 3.00 bits per heavy atom. The van der Waals surface area contributed by atoms with Crippen LogP contribution in [0.25, 0.3) is 0 Å². The first-order valence-corrected chi connectivity index (χ1v) is 6.67. The minimum absolute atomic E-state index is 0.195. The van der Waals surface area contributed by atoms with Gasteiger partial charge in [0.1, 0.15) is 6.07 Å². The zero-order valence-corrected chi connectivity index (χ0v) is 11.6. The summed E-state index contributed by atoms with van der Waals surface area (Å²) in [4.78, 5) is 0. The number of hydrogen-bond acceptors (Lipinski definition) is 3. The molecule has 3 nitrogen and oxygen atoms in total. The zero-order chi connectivity index (χ0) is 13.1. The van der Waals surface area contributed by atoms with Crippen molar-refractivity contribution in [3.63, 3.8) is 0 Å². The van der Waals surface area contributed by atoms with E-state index < -0.39 is 5.82 Å². The van der Waals surface area contributed by atoms with Gasteiger partial charge >= 0.3 is 0 Å². The lowest BCUT2D eigenvalue weighted by Crippen LogP contribution is -2.32. The van der Waals surface area contributed by atoms with Gasteiger partial charge in [-0.05, 0) is 47.8 Å². The van der Waals surface area contributed by atoms with E-state index in [0.717, 1.165) is 12.8 Å². The van der Waals surface area contributed by atoms with Crippen LogP contribution >= 0.6 is 15.9 Å². The number of benzene rings is 1. The topological polar surface area (TPSA) is 45.0 Å². The highest BCUT2D eigenvalue weighted by molar-refractivity contribution is 9.10. The molecular weight excluding hydrogens is 299 g/mol. The standard InChI is InChI=1S/C13H14BrFN2O/c1-8-6-10(4-5-18-8)17-11-3-2-9(7-16)12(14)13(11)15/h2-3,8,10,17H,4-6H2,1H3. The Kier molecular flexibility index (Phi) is 4.20. The molecule has 1 aliphatic rings. The van der Waals surface area contributed by atoms with E-state index in [1.54, 1.807) is 12.1 Å². The summed E-state index contributed by atoms with van der Waals surface area (Å²) < 4.78 is 19.7. The van der Waals surface area contributed by atoms with Crippen LogP contribution in [0.3, 0.4) is 0 Å². The Morgan fingerprint density at radius 2 is 2.33 bits per heavy atom. The highest BCUT2D eigenvalue weighted by Crippen LogP contribution is 2.28. The van der Waals surface area contributed by atoms with Crippen LogP contribution in [0, 0.1) is 17.1 Å². The molecule has 0 saturated carbocycles. The van der Waals surface area contributed by atoms with E-state index in [4.69, 9.17) is 10.00 Å². The predicted octanol–water partition coefficient (Wildman–Crippen LogP) is 3.44. The molecule has 1 aromatic rings. The molecule has 1 saturated heterocycles. The third kappa shape index (κ3) is 2.82. The van der Waals surface area contributed by atoms with E-state index in [1.807, 2.05) is 13.0 Å². The average Bonchev–Trinajstić information content (AvgIpc) is 2.35. The second kappa shape index (κ2) is 5.68. The van der Waals surface area contributed by atoms with E-state index in [2.05, 4.69) is 21.2 Å². The normalized spacial score (nSPS) is 23.4. The summed E-state index contributed by atoms with van der Waals surface area (Å²) in [5.41, 5.74) is 0.735. The molecule has 0 radical (unpaired) electrons. The Bertz CT molecular complexity index is 487. The third-order valence-corrected chi connectivity index (χ3v) is 3.82. The first kappa shape index (κ1) is 13.3. The molecule has 0 spiro atoms. The number of rotatable bonds is 2. The van der Waals surface area contributed by atoms with Gasteiger partial charge in [-0.15, -0.1) is 0 Å². The summed E-state index contributed by atoms with van der Waals surface area (Å²) in [6, 6.07) is 5.37. The molecule has 1 aromatic carbocycles. The van der Waals surface area contributed by atoms with Gasteiger partial charge in [0.05, 0.1) is 21.8 Å². The van der Waals surface area contributed by atoms with Crippen molar-refractivity contribution in [1.29, 1.82) is 5.26 Å². The molecule has 2 rings (SSSR count). The molecule has 0 aromatic heterocycles. The number of nitrogens with zero attached hydrogens (tertiary/aromatic N) is 1. The molecule has 0 amide bonds. The van der Waals surface area contributed by atoms with Gasteiger partial charge in [-0.2, -0.15) is 5.26 Å². The first-order chi connectivity index (χ1) is 8.61. The molecule has 18 heavy (non-hydrogen) atoms. The van der Waals surface area contributed by atoms with Crippen molar-refractivity contribution in [2.24, 2.45) is 0 Å². The highest BCUT2D eigenvalue weighted by Gasteiger charge is 2.21. The molecular formula is C13H14BrFN2O. The van der Waals surface area contributed by atoms with Crippen molar-refractivity contribution in [2.75, 3.05) is 11.9 Å². The molecule has 1 N–H and O–H groups in total. The number of nitriles is 1. The van der Waals surface area contributed by atoms with Crippen LogP contribution in [0.4, 0.5) is 10.1 Å². The van der Waals surface area contributed by atoms with Gasteiger partial charge in [0.15, 0.2) is 5.82 Å². The Labute approximate surface area is 114 Å². The molecule has 2 unspecified atom stereocenters. The summed E-state index contributed by atoms with van der Waals surface area (Å²) in [7, 11) is 0. The highest BCUT2D eigenvalue weighted by atomic mass is 79.9. The maximum absolute atomic E-state index is 14.0. The monoisotopic (exact) mass is 312 g/mol. The second-order valence-corrected chi connectivity index (χ2v) is 5.24. The summed E-state index contributed by atoms with van der Waals surface area (Å²) in [5, 5.41) is 12.0. The Hall–Kier alpha value is -1.12. The number of ether oxygens (including phenoxy) is 1. The minimum Gasteiger partial charge on any atom is -0.380 e. The van der Waals surface area contributed by atoms with Crippen LogP contribution < -0.4 is 5.32 Å².